The second kappa shape index (κ2) is 8.66. The first-order valence-corrected chi connectivity index (χ1v) is 11.6. The Hall–Kier alpha value is -3.33. The van der Waals surface area contributed by atoms with Crippen molar-refractivity contribution in [1.82, 2.24) is 9.88 Å². The van der Waals surface area contributed by atoms with Crippen LogP contribution in [0.15, 0.2) is 72.8 Å². The molecule has 1 N–H and O–H groups in total. The summed E-state index contributed by atoms with van der Waals surface area (Å²) >= 11 is 0. The van der Waals surface area contributed by atoms with E-state index in [2.05, 4.69) is 90.5 Å². The Morgan fingerprint density at radius 1 is 0.938 bits per heavy atom. The van der Waals surface area contributed by atoms with Gasteiger partial charge >= 0.3 is 0 Å². The second-order valence-corrected chi connectivity index (χ2v) is 9.10. The minimum Gasteiger partial charge on any atom is -0.351 e. The van der Waals surface area contributed by atoms with E-state index < -0.39 is 0 Å². The minimum absolute atomic E-state index is 0.0901. The zero-order valence-corrected chi connectivity index (χ0v) is 18.9. The van der Waals surface area contributed by atoms with Crippen LogP contribution >= 0.6 is 0 Å². The number of para-hydroxylation sites is 1. The van der Waals surface area contributed by atoms with Crippen molar-refractivity contribution in [1.29, 1.82) is 0 Å². The highest BCUT2D eigenvalue weighted by molar-refractivity contribution is 5.94. The maximum Gasteiger partial charge on any atom is 0.227 e. The molecule has 0 fully saturated rings. The molecule has 162 valence electrons. The molecule has 0 saturated heterocycles. The Labute approximate surface area is 190 Å². The van der Waals surface area contributed by atoms with Crippen LogP contribution in [0.4, 0.5) is 0 Å². The van der Waals surface area contributed by atoms with Crippen molar-refractivity contribution in [3.63, 3.8) is 0 Å². The number of benzene rings is 3. The number of fused-ring (bicyclic) bond motifs is 3. The normalized spacial score (nSPS) is 15.5. The maximum absolute atomic E-state index is 13.3. The van der Waals surface area contributed by atoms with Gasteiger partial charge in [0.1, 0.15) is 0 Å². The van der Waals surface area contributed by atoms with E-state index >= 15 is 0 Å². The molecule has 3 aromatic carbocycles. The predicted molar refractivity (Wildman–Crippen MR) is 131 cm³/mol. The Morgan fingerprint density at radius 3 is 2.56 bits per heavy atom. The number of aryl methyl sites for hydroxylation is 2. The molecule has 1 aliphatic rings. The van der Waals surface area contributed by atoms with Crippen molar-refractivity contribution in [2.45, 2.75) is 52.1 Å². The lowest BCUT2D eigenvalue weighted by Gasteiger charge is -2.24. The Balaban J connectivity index is 1.48. The Bertz CT molecular complexity index is 1270. The van der Waals surface area contributed by atoms with Crippen molar-refractivity contribution in [2.75, 3.05) is 0 Å². The fourth-order valence-corrected chi connectivity index (χ4v) is 5.11. The molecular formula is C29H30N2O. The number of carbonyl (C=O) groups is 1. The molecule has 5 rings (SSSR count). The summed E-state index contributed by atoms with van der Waals surface area (Å²) in [4.78, 5) is 13.3. The number of hydrogen-bond acceptors (Lipinski definition) is 1. The van der Waals surface area contributed by atoms with E-state index in [9.17, 15) is 4.79 Å². The zero-order chi connectivity index (χ0) is 22.1. The zero-order valence-electron chi connectivity index (χ0n) is 18.9. The molecule has 1 aliphatic carbocycles. The van der Waals surface area contributed by atoms with Crippen molar-refractivity contribution in [3.8, 4) is 0 Å². The standard InChI is InChI=1S/C29H30N2O/c1-20-13-15-22(16-14-20)19-31-26-11-4-3-9-24(26)28-25(10-6-12-27(28)31)29(32)30-18-23-8-5-7-21(2)17-23/h3-5,7-9,11,13-17,25H,6,10,12,18-19H2,1-2H3,(H,30,32). The quantitative estimate of drug-likeness (QED) is 0.418. The van der Waals surface area contributed by atoms with Gasteiger partial charge in [-0.15, -0.1) is 0 Å². The molecule has 32 heavy (non-hydrogen) atoms. The second-order valence-electron chi connectivity index (χ2n) is 9.10. The predicted octanol–water partition coefficient (Wildman–Crippen LogP) is 6.04. The third kappa shape index (κ3) is 3.95. The van der Waals surface area contributed by atoms with Crippen LogP contribution in [0.25, 0.3) is 10.9 Å². The summed E-state index contributed by atoms with van der Waals surface area (Å²) in [6, 6.07) is 25.7. The van der Waals surface area contributed by atoms with Crippen LogP contribution in [-0.2, 0) is 24.3 Å². The van der Waals surface area contributed by atoms with Crippen LogP contribution in [0.5, 0.6) is 0 Å². The molecule has 1 unspecified atom stereocenters. The van der Waals surface area contributed by atoms with E-state index in [1.807, 2.05) is 6.07 Å². The number of nitrogens with zero attached hydrogens (tertiary/aromatic N) is 1. The third-order valence-electron chi connectivity index (χ3n) is 6.70. The lowest BCUT2D eigenvalue weighted by molar-refractivity contribution is -0.123. The topological polar surface area (TPSA) is 34.0 Å². The molecule has 1 amide bonds. The van der Waals surface area contributed by atoms with Crippen LogP contribution in [0.1, 0.15) is 52.3 Å². The van der Waals surface area contributed by atoms with Gasteiger partial charge in [0.15, 0.2) is 0 Å². The maximum atomic E-state index is 13.3. The van der Waals surface area contributed by atoms with E-state index in [0.29, 0.717) is 6.54 Å². The number of hydrogen-bond donors (Lipinski definition) is 1. The average molecular weight is 423 g/mol. The van der Waals surface area contributed by atoms with Crippen LogP contribution in [-0.4, -0.2) is 10.5 Å². The summed E-state index contributed by atoms with van der Waals surface area (Å²) in [7, 11) is 0. The first-order valence-electron chi connectivity index (χ1n) is 11.6. The lowest BCUT2D eigenvalue weighted by atomic mass is 9.84. The average Bonchev–Trinajstić information content (AvgIpc) is 3.13. The number of rotatable bonds is 5. The summed E-state index contributed by atoms with van der Waals surface area (Å²) in [5.41, 5.74) is 8.74. The van der Waals surface area contributed by atoms with E-state index in [1.165, 1.54) is 38.9 Å². The van der Waals surface area contributed by atoms with Gasteiger partial charge in [-0.2, -0.15) is 0 Å². The van der Waals surface area contributed by atoms with Crippen LogP contribution in [0, 0.1) is 13.8 Å². The molecule has 0 aliphatic heterocycles. The molecule has 1 atom stereocenters. The summed E-state index contributed by atoms with van der Waals surface area (Å²) in [5.74, 6) is 0.0541. The molecule has 1 heterocycles. The van der Waals surface area contributed by atoms with Gasteiger partial charge in [-0.25, -0.2) is 0 Å². The van der Waals surface area contributed by atoms with Gasteiger partial charge in [0.2, 0.25) is 5.91 Å². The van der Waals surface area contributed by atoms with Crippen molar-refractivity contribution in [2.24, 2.45) is 0 Å². The van der Waals surface area contributed by atoms with E-state index in [-0.39, 0.29) is 11.8 Å². The van der Waals surface area contributed by atoms with Crippen LogP contribution in [0.2, 0.25) is 0 Å². The molecule has 1 aromatic heterocycles. The number of amides is 1. The first kappa shape index (κ1) is 20.6. The molecule has 0 bridgehead atoms. The molecule has 4 aromatic rings. The van der Waals surface area contributed by atoms with Crippen molar-refractivity contribution >= 4 is 16.8 Å². The third-order valence-corrected chi connectivity index (χ3v) is 6.70. The highest BCUT2D eigenvalue weighted by atomic mass is 16.1. The Kier molecular flexibility index (Phi) is 5.57. The molecule has 0 saturated carbocycles. The highest BCUT2D eigenvalue weighted by Gasteiger charge is 2.31. The lowest BCUT2D eigenvalue weighted by Crippen LogP contribution is -2.31. The monoisotopic (exact) mass is 422 g/mol. The van der Waals surface area contributed by atoms with Gasteiger partial charge in [-0.05, 0) is 55.9 Å². The van der Waals surface area contributed by atoms with Gasteiger partial charge in [-0.3, -0.25) is 4.79 Å². The summed E-state index contributed by atoms with van der Waals surface area (Å²) in [5, 5.41) is 4.45. The van der Waals surface area contributed by atoms with Crippen LogP contribution in [0.3, 0.4) is 0 Å². The number of aromatic nitrogens is 1. The molecule has 3 heteroatoms. The molecule has 3 nitrogen and oxygen atoms in total. The van der Waals surface area contributed by atoms with Gasteiger partial charge in [0.05, 0.1) is 5.92 Å². The SMILES string of the molecule is Cc1ccc(Cn2c3c(c4ccccc42)C(C(=O)NCc2cccc(C)c2)CCC3)cc1. The highest BCUT2D eigenvalue weighted by Crippen LogP contribution is 2.39. The largest absolute Gasteiger partial charge is 0.351 e. The van der Waals surface area contributed by atoms with Gasteiger partial charge in [0.25, 0.3) is 0 Å². The van der Waals surface area contributed by atoms with Gasteiger partial charge in [0, 0.05) is 29.7 Å². The molecular weight excluding hydrogens is 392 g/mol. The fourth-order valence-electron chi connectivity index (χ4n) is 5.11. The summed E-state index contributed by atoms with van der Waals surface area (Å²) < 4.78 is 2.44. The van der Waals surface area contributed by atoms with Crippen molar-refractivity contribution < 1.29 is 4.79 Å². The number of nitrogens with one attached hydrogen (secondary N) is 1. The minimum atomic E-state index is -0.0901. The first-order chi connectivity index (χ1) is 15.6. The van der Waals surface area contributed by atoms with E-state index in [0.717, 1.165) is 31.4 Å². The molecule has 0 spiro atoms. The van der Waals surface area contributed by atoms with E-state index in [1.54, 1.807) is 0 Å². The molecule has 0 radical (unpaired) electrons. The fraction of sp³-hybridized carbons (Fsp3) is 0.276. The van der Waals surface area contributed by atoms with Gasteiger partial charge < -0.3 is 9.88 Å². The number of carbonyl (C=O) groups excluding carboxylic acids is 1. The van der Waals surface area contributed by atoms with Crippen molar-refractivity contribution in [3.05, 3.63) is 106 Å². The summed E-state index contributed by atoms with van der Waals surface area (Å²) in [6.45, 7) is 5.63. The van der Waals surface area contributed by atoms with E-state index in [4.69, 9.17) is 0 Å². The van der Waals surface area contributed by atoms with Gasteiger partial charge in [-0.1, -0.05) is 77.9 Å². The summed E-state index contributed by atoms with van der Waals surface area (Å²) in [6.07, 6.45) is 2.97. The Morgan fingerprint density at radius 2 is 1.75 bits per heavy atom. The van der Waals surface area contributed by atoms with Crippen LogP contribution < -0.4 is 5.32 Å². The smallest absolute Gasteiger partial charge is 0.227 e.